The first-order chi connectivity index (χ1) is 15.9. The summed E-state index contributed by atoms with van der Waals surface area (Å²) < 4.78 is 13.3. The molecule has 3 aromatic rings. The van der Waals surface area contributed by atoms with Crippen molar-refractivity contribution in [2.75, 3.05) is 47.0 Å². The van der Waals surface area contributed by atoms with Crippen molar-refractivity contribution in [3.63, 3.8) is 0 Å². The zero-order valence-corrected chi connectivity index (χ0v) is 20.1. The summed E-state index contributed by atoms with van der Waals surface area (Å²) in [7, 11) is 0. The van der Waals surface area contributed by atoms with E-state index in [0.29, 0.717) is 10.8 Å². The highest BCUT2D eigenvalue weighted by Crippen LogP contribution is 2.25. The maximum absolute atomic E-state index is 13.3. The van der Waals surface area contributed by atoms with Crippen LogP contribution < -0.4 is 15.1 Å². The molecule has 0 saturated carbocycles. The normalized spacial score (nSPS) is 13.8. The molecule has 1 saturated heterocycles. The van der Waals surface area contributed by atoms with Gasteiger partial charge in [-0.15, -0.1) is 0 Å². The van der Waals surface area contributed by atoms with E-state index in [1.807, 2.05) is 6.07 Å². The van der Waals surface area contributed by atoms with Crippen molar-refractivity contribution in [3.8, 4) is 0 Å². The van der Waals surface area contributed by atoms with E-state index >= 15 is 0 Å². The van der Waals surface area contributed by atoms with Gasteiger partial charge in [-0.05, 0) is 55.3 Å². The lowest BCUT2D eigenvalue weighted by molar-refractivity contribution is -0.113. The Kier molecular flexibility index (Phi) is 7.35. The van der Waals surface area contributed by atoms with E-state index in [4.69, 9.17) is 11.6 Å². The molecule has 2 aromatic carbocycles. The number of rotatable bonds is 6. The topological polar surface area (TPSA) is 61.4 Å². The Labute approximate surface area is 202 Å². The third-order valence-corrected chi connectivity index (χ3v) is 6.61. The molecule has 2 heterocycles. The number of piperazine rings is 1. The predicted molar refractivity (Wildman–Crippen MR) is 133 cm³/mol. The second-order valence-electron chi connectivity index (χ2n) is 7.93. The zero-order chi connectivity index (χ0) is 23.4. The second-order valence-corrected chi connectivity index (χ2v) is 9.28. The summed E-state index contributed by atoms with van der Waals surface area (Å²) in [5.41, 5.74) is 4.29. The van der Waals surface area contributed by atoms with Crippen LogP contribution in [0.15, 0.2) is 53.8 Å². The monoisotopic (exact) mass is 485 g/mol. The second kappa shape index (κ2) is 10.4. The molecule has 33 heavy (non-hydrogen) atoms. The van der Waals surface area contributed by atoms with Crippen LogP contribution in [-0.2, 0) is 4.79 Å². The molecule has 0 radical (unpaired) electrons. The van der Waals surface area contributed by atoms with Crippen LogP contribution in [0.3, 0.4) is 0 Å². The molecule has 4 rings (SSSR count). The molecule has 1 aliphatic rings. The molecule has 0 atom stereocenters. The minimum absolute atomic E-state index is 0.0332. The summed E-state index contributed by atoms with van der Waals surface area (Å²) in [6.07, 6.45) is 1.72. The average Bonchev–Trinajstić information content (AvgIpc) is 2.82. The first kappa shape index (κ1) is 23.3. The number of hydrogen-bond acceptors (Lipinski definition) is 6. The summed E-state index contributed by atoms with van der Waals surface area (Å²) in [6.45, 7) is 7.82. The van der Waals surface area contributed by atoms with E-state index in [0.717, 1.165) is 32.0 Å². The molecular formula is C24H25ClFN5OS. The van der Waals surface area contributed by atoms with Crippen LogP contribution in [0.1, 0.15) is 11.1 Å². The maximum atomic E-state index is 13.3. The van der Waals surface area contributed by atoms with Crippen LogP contribution in [0.2, 0.25) is 5.02 Å². The Morgan fingerprint density at radius 1 is 1.09 bits per heavy atom. The van der Waals surface area contributed by atoms with Crippen molar-refractivity contribution in [2.24, 2.45) is 0 Å². The Morgan fingerprint density at radius 2 is 1.85 bits per heavy atom. The first-order valence-corrected chi connectivity index (χ1v) is 12.0. The average molecular weight is 486 g/mol. The molecule has 1 aliphatic heterocycles. The summed E-state index contributed by atoms with van der Waals surface area (Å²) >= 11 is 7.02. The lowest BCUT2D eigenvalue weighted by atomic mass is 10.1. The standard InChI is InChI=1S/C24H25ClFN5OS/c1-16-3-4-17(2)21(13-16)30-9-11-31(12-10-30)22-7-8-27-24(29-22)33-15-23(32)28-18-5-6-20(26)19(25)14-18/h3-8,13-14H,9-12,15H2,1-2H3,(H,28,32). The van der Waals surface area contributed by atoms with Crippen molar-refractivity contribution < 1.29 is 9.18 Å². The van der Waals surface area contributed by atoms with Crippen molar-refractivity contribution in [2.45, 2.75) is 19.0 Å². The lowest BCUT2D eigenvalue weighted by Crippen LogP contribution is -2.47. The molecule has 172 valence electrons. The van der Waals surface area contributed by atoms with E-state index in [9.17, 15) is 9.18 Å². The van der Waals surface area contributed by atoms with E-state index in [2.05, 4.69) is 57.1 Å². The van der Waals surface area contributed by atoms with Gasteiger partial charge in [0.2, 0.25) is 5.91 Å². The maximum Gasteiger partial charge on any atom is 0.234 e. The number of anilines is 3. The van der Waals surface area contributed by atoms with Gasteiger partial charge in [-0.3, -0.25) is 4.79 Å². The van der Waals surface area contributed by atoms with Gasteiger partial charge < -0.3 is 15.1 Å². The number of nitrogens with zero attached hydrogens (tertiary/aromatic N) is 4. The lowest BCUT2D eigenvalue weighted by Gasteiger charge is -2.37. The minimum atomic E-state index is -0.524. The number of amides is 1. The Hall–Kier alpha value is -2.84. The first-order valence-electron chi connectivity index (χ1n) is 10.7. The van der Waals surface area contributed by atoms with Crippen molar-refractivity contribution in [3.05, 3.63) is 70.6 Å². The largest absolute Gasteiger partial charge is 0.368 e. The Morgan fingerprint density at radius 3 is 2.61 bits per heavy atom. The summed E-state index contributed by atoms with van der Waals surface area (Å²) in [5.74, 6) is 0.237. The number of hydrogen-bond donors (Lipinski definition) is 1. The summed E-state index contributed by atoms with van der Waals surface area (Å²) in [4.78, 5) is 25.8. The molecule has 6 nitrogen and oxygen atoms in total. The number of nitrogens with one attached hydrogen (secondary N) is 1. The van der Waals surface area contributed by atoms with E-state index in [1.54, 1.807) is 6.20 Å². The third-order valence-electron chi connectivity index (χ3n) is 5.46. The van der Waals surface area contributed by atoms with E-state index in [-0.39, 0.29) is 16.7 Å². The number of aromatic nitrogens is 2. The van der Waals surface area contributed by atoms with Gasteiger partial charge in [-0.2, -0.15) is 0 Å². The number of carbonyl (C=O) groups excluding carboxylic acids is 1. The quantitative estimate of drug-likeness (QED) is 0.394. The van der Waals surface area contributed by atoms with Crippen LogP contribution in [0.5, 0.6) is 0 Å². The minimum Gasteiger partial charge on any atom is -0.368 e. The zero-order valence-electron chi connectivity index (χ0n) is 18.5. The molecule has 9 heteroatoms. The Bertz CT molecular complexity index is 1150. The van der Waals surface area contributed by atoms with Crippen LogP contribution in [0.4, 0.5) is 21.6 Å². The number of benzene rings is 2. The van der Waals surface area contributed by atoms with Gasteiger partial charge in [0.25, 0.3) is 0 Å². The molecular weight excluding hydrogens is 461 g/mol. The van der Waals surface area contributed by atoms with Gasteiger partial charge in [0, 0.05) is 43.8 Å². The van der Waals surface area contributed by atoms with Gasteiger partial charge in [-0.1, -0.05) is 35.5 Å². The molecule has 1 N–H and O–H groups in total. The van der Waals surface area contributed by atoms with Crippen molar-refractivity contribution in [1.29, 1.82) is 0 Å². The molecule has 1 fully saturated rings. The number of aryl methyl sites for hydroxylation is 2. The van der Waals surface area contributed by atoms with Crippen LogP contribution >= 0.6 is 23.4 Å². The SMILES string of the molecule is Cc1ccc(C)c(N2CCN(c3ccnc(SCC(=O)Nc4ccc(F)c(Cl)c4)n3)CC2)c1. The molecule has 0 unspecified atom stereocenters. The highest BCUT2D eigenvalue weighted by atomic mass is 35.5. The fraction of sp³-hybridized carbons (Fsp3) is 0.292. The van der Waals surface area contributed by atoms with E-state index in [1.165, 1.54) is 46.8 Å². The smallest absolute Gasteiger partial charge is 0.234 e. The van der Waals surface area contributed by atoms with Gasteiger partial charge in [0.05, 0.1) is 10.8 Å². The molecule has 1 amide bonds. The van der Waals surface area contributed by atoms with Crippen LogP contribution in [-0.4, -0.2) is 47.8 Å². The van der Waals surface area contributed by atoms with Gasteiger partial charge in [0.15, 0.2) is 5.16 Å². The van der Waals surface area contributed by atoms with Gasteiger partial charge in [0.1, 0.15) is 11.6 Å². The number of carbonyl (C=O) groups is 1. The van der Waals surface area contributed by atoms with Crippen LogP contribution in [0, 0.1) is 19.7 Å². The third kappa shape index (κ3) is 5.94. The number of halogens is 2. The number of thioether (sulfide) groups is 1. The molecule has 1 aromatic heterocycles. The van der Waals surface area contributed by atoms with Gasteiger partial charge >= 0.3 is 0 Å². The summed E-state index contributed by atoms with van der Waals surface area (Å²) in [6, 6.07) is 12.5. The highest BCUT2D eigenvalue weighted by molar-refractivity contribution is 7.99. The summed E-state index contributed by atoms with van der Waals surface area (Å²) in [5, 5.41) is 3.21. The molecule has 0 aliphatic carbocycles. The fourth-order valence-electron chi connectivity index (χ4n) is 3.72. The van der Waals surface area contributed by atoms with Crippen molar-refractivity contribution >= 4 is 46.5 Å². The van der Waals surface area contributed by atoms with Gasteiger partial charge in [-0.25, -0.2) is 14.4 Å². The Balaban J connectivity index is 1.32. The van der Waals surface area contributed by atoms with Crippen molar-refractivity contribution in [1.82, 2.24) is 9.97 Å². The predicted octanol–water partition coefficient (Wildman–Crippen LogP) is 4.94. The van der Waals surface area contributed by atoms with E-state index < -0.39 is 5.82 Å². The van der Waals surface area contributed by atoms with Crippen LogP contribution in [0.25, 0.3) is 0 Å². The highest BCUT2D eigenvalue weighted by Gasteiger charge is 2.20. The fourth-order valence-corrected chi connectivity index (χ4v) is 4.52. The molecule has 0 spiro atoms. The molecule has 0 bridgehead atoms.